The quantitative estimate of drug-likeness (QED) is 0.878. The monoisotopic (exact) mass is 348 g/mol. The van der Waals surface area contributed by atoms with E-state index in [1.807, 2.05) is 37.3 Å². The fourth-order valence-electron chi connectivity index (χ4n) is 4.50. The van der Waals surface area contributed by atoms with Crippen LogP contribution in [0.5, 0.6) is 0 Å². The zero-order valence-corrected chi connectivity index (χ0v) is 14.7. The van der Waals surface area contributed by atoms with Crippen molar-refractivity contribution >= 4 is 0 Å². The molecule has 3 aliphatic rings. The van der Waals surface area contributed by atoms with Gasteiger partial charge in [0.05, 0.1) is 18.8 Å². The lowest BCUT2D eigenvalue weighted by molar-refractivity contribution is -0.209. The SMILES string of the molecule is C[C@@H]1[C@H](O)C(O)C(OCc2ccccc2)C2OC3(CCCCC3)O[C@@H]21. The molecule has 5 heteroatoms. The Balaban J connectivity index is 1.52. The first-order valence-electron chi connectivity index (χ1n) is 9.47. The van der Waals surface area contributed by atoms with Crippen LogP contribution in [0.4, 0.5) is 0 Å². The summed E-state index contributed by atoms with van der Waals surface area (Å²) >= 11 is 0. The summed E-state index contributed by atoms with van der Waals surface area (Å²) in [7, 11) is 0. The number of hydrogen-bond donors (Lipinski definition) is 2. The normalized spacial score (nSPS) is 40.1. The van der Waals surface area contributed by atoms with Crippen molar-refractivity contribution in [3.63, 3.8) is 0 Å². The van der Waals surface area contributed by atoms with E-state index < -0.39 is 24.1 Å². The van der Waals surface area contributed by atoms with Gasteiger partial charge in [-0.2, -0.15) is 0 Å². The summed E-state index contributed by atoms with van der Waals surface area (Å²) in [6.07, 6.45) is 2.15. The minimum Gasteiger partial charge on any atom is -0.390 e. The van der Waals surface area contributed by atoms with E-state index >= 15 is 0 Å². The predicted molar refractivity (Wildman–Crippen MR) is 91.8 cm³/mol. The van der Waals surface area contributed by atoms with Gasteiger partial charge in [0.15, 0.2) is 5.79 Å². The molecule has 2 aliphatic carbocycles. The second-order valence-electron chi connectivity index (χ2n) is 7.74. The topological polar surface area (TPSA) is 68.2 Å². The van der Waals surface area contributed by atoms with E-state index in [4.69, 9.17) is 14.2 Å². The number of rotatable bonds is 3. The number of hydrogen-bond acceptors (Lipinski definition) is 5. The van der Waals surface area contributed by atoms with Crippen molar-refractivity contribution in [2.75, 3.05) is 0 Å². The number of aliphatic hydroxyl groups is 2. The molecule has 1 saturated heterocycles. The molecule has 3 fully saturated rings. The number of benzene rings is 1. The minimum atomic E-state index is -0.970. The van der Waals surface area contributed by atoms with Gasteiger partial charge in [-0.25, -0.2) is 0 Å². The minimum absolute atomic E-state index is 0.183. The molecule has 138 valence electrons. The van der Waals surface area contributed by atoms with Crippen molar-refractivity contribution in [2.24, 2.45) is 5.92 Å². The molecule has 0 radical (unpaired) electrons. The molecular weight excluding hydrogens is 320 g/mol. The van der Waals surface area contributed by atoms with Crippen LogP contribution >= 0.6 is 0 Å². The number of fused-ring (bicyclic) bond motifs is 1. The molecule has 6 atom stereocenters. The fraction of sp³-hybridized carbons (Fsp3) is 0.700. The standard InChI is InChI=1S/C20H28O5/c1-13-15(21)16(22)18(23-12-14-8-4-2-5-9-14)19-17(13)24-20(25-19)10-6-3-7-11-20/h2,4-5,8-9,13,15-19,21-22H,3,6-7,10-12H2,1H3/t13-,15+,16?,17-,18?,19?/m1/s1. The fourth-order valence-corrected chi connectivity index (χ4v) is 4.50. The Bertz CT molecular complexity index is 571. The van der Waals surface area contributed by atoms with E-state index in [-0.39, 0.29) is 18.1 Å². The van der Waals surface area contributed by atoms with E-state index in [9.17, 15) is 10.2 Å². The summed E-state index contributed by atoms with van der Waals surface area (Å²) < 4.78 is 18.7. The smallest absolute Gasteiger partial charge is 0.169 e. The molecule has 0 aromatic heterocycles. The molecule has 3 unspecified atom stereocenters. The molecule has 1 aromatic rings. The highest BCUT2D eigenvalue weighted by Crippen LogP contribution is 2.47. The highest BCUT2D eigenvalue weighted by molar-refractivity contribution is 5.14. The van der Waals surface area contributed by atoms with Crippen LogP contribution in [0.25, 0.3) is 0 Å². The van der Waals surface area contributed by atoms with Gasteiger partial charge in [-0.3, -0.25) is 0 Å². The van der Waals surface area contributed by atoms with Gasteiger partial charge in [-0.1, -0.05) is 43.7 Å². The van der Waals surface area contributed by atoms with Gasteiger partial charge in [0, 0.05) is 18.8 Å². The first-order valence-corrected chi connectivity index (χ1v) is 9.47. The van der Waals surface area contributed by atoms with Gasteiger partial charge in [-0.15, -0.1) is 0 Å². The van der Waals surface area contributed by atoms with Crippen LogP contribution < -0.4 is 0 Å². The maximum atomic E-state index is 10.6. The molecule has 1 spiro atoms. The average molecular weight is 348 g/mol. The van der Waals surface area contributed by atoms with Gasteiger partial charge >= 0.3 is 0 Å². The number of aliphatic hydroxyl groups excluding tert-OH is 2. The van der Waals surface area contributed by atoms with Gasteiger partial charge in [0.25, 0.3) is 0 Å². The Hall–Kier alpha value is -0.980. The molecule has 25 heavy (non-hydrogen) atoms. The Labute approximate surface area is 148 Å². The first-order chi connectivity index (χ1) is 12.1. The largest absolute Gasteiger partial charge is 0.390 e. The second-order valence-corrected chi connectivity index (χ2v) is 7.74. The van der Waals surface area contributed by atoms with Gasteiger partial charge in [0.2, 0.25) is 0 Å². The van der Waals surface area contributed by atoms with E-state index in [0.29, 0.717) is 6.61 Å². The van der Waals surface area contributed by atoms with Gasteiger partial charge in [-0.05, 0) is 18.4 Å². The summed E-state index contributed by atoms with van der Waals surface area (Å²) in [6.45, 7) is 2.30. The van der Waals surface area contributed by atoms with Gasteiger partial charge in [0.1, 0.15) is 18.3 Å². The summed E-state index contributed by atoms with van der Waals surface area (Å²) in [5.41, 5.74) is 1.03. The molecule has 0 amide bonds. The van der Waals surface area contributed by atoms with Crippen molar-refractivity contribution in [1.82, 2.24) is 0 Å². The zero-order valence-electron chi connectivity index (χ0n) is 14.7. The Kier molecular flexibility index (Phi) is 4.86. The molecule has 0 bridgehead atoms. The molecular formula is C20H28O5. The van der Waals surface area contributed by atoms with Gasteiger partial charge < -0.3 is 24.4 Å². The van der Waals surface area contributed by atoms with Crippen LogP contribution in [0.15, 0.2) is 30.3 Å². The van der Waals surface area contributed by atoms with Crippen LogP contribution in [0.1, 0.15) is 44.6 Å². The average Bonchev–Trinajstić information content (AvgIpc) is 3.00. The predicted octanol–water partition coefficient (Wildman–Crippen LogP) is 2.39. The maximum absolute atomic E-state index is 10.6. The summed E-state index contributed by atoms with van der Waals surface area (Å²) in [6, 6.07) is 9.85. The summed E-state index contributed by atoms with van der Waals surface area (Å²) in [5, 5.41) is 21.1. The third-order valence-corrected chi connectivity index (χ3v) is 5.99. The Morgan fingerprint density at radius 1 is 1.00 bits per heavy atom. The molecule has 5 nitrogen and oxygen atoms in total. The zero-order chi connectivity index (χ0) is 17.4. The van der Waals surface area contributed by atoms with Crippen LogP contribution in [0, 0.1) is 5.92 Å². The van der Waals surface area contributed by atoms with E-state index in [1.165, 1.54) is 6.42 Å². The van der Waals surface area contributed by atoms with Crippen LogP contribution in [0.3, 0.4) is 0 Å². The highest BCUT2D eigenvalue weighted by Gasteiger charge is 2.59. The molecule has 2 N–H and O–H groups in total. The molecule has 1 aliphatic heterocycles. The highest BCUT2D eigenvalue weighted by atomic mass is 16.8. The number of ether oxygens (including phenoxy) is 3. The summed E-state index contributed by atoms with van der Waals surface area (Å²) in [4.78, 5) is 0. The third kappa shape index (κ3) is 3.24. The lowest BCUT2D eigenvalue weighted by Gasteiger charge is -2.42. The van der Waals surface area contributed by atoms with Crippen molar-refractivity contribution in [1.29, 1.82) is 0 Å². The lowest BCUT2D eigenvalue weighted by Crippen LogP contribution is -2.60. The first kappa shape index (κ1) is 17.4. The summed E-state index contributed by atoms with van der Waals surface area (Å²) in [5.74, 6) is -0.738. The molecule has 4 rings (SSSR count). The van der Waals surface area contributed by atoms with Crippen molar-refractivity contribution < 1.29 is 24.4 Å². The van der Waals surface area contributed by atoms with E-state index in [0.717, 1.165) is 31.2 Å². The van der Waals surface area contributed by atoms with Crippen molar-refractivity contribution in [2.45, 2.75) is 81.9 Å². The maximum Gasteiger partial charge on any atom is 0.169 e. The van der Waals surface area contributed by atoms with Crippen LogP contribution in [-0.4, -0.2) is 46.5 Å². The van der Waals surface area contributed by atoms with E-state index in [1.54, 1.807) is 0 Å². The van der Waals surface area contributed by atoms with Crippen LogP contribution in [-0.2, 0) is 20.8 Å². The van der Waals surface area contributed by atoms with Crippen molar-refractivity contribution in [3.8, 4) is 0 Å². The Morgan fingerprint density at radius 3 is 2.40 bits per heavy atom. The van der Waals surface area contributed by atoms with Crippen LogP contribution in [0.2, 0.25) is 0 Å². The lowest BCUT2D eigenvalue weighted by atomic mass is 9.79. The molecule has 1 aromatic carbocycles. The molecule has 2 saturated carbocycles. The molecule has 1 heterocycles. The van der Waals surface area contributed by atoms with Crippen molar-refractivity contribution in [3.05, 3.63) is 35.9 Å². The van der Waals surface area contributed by atoms with E-state index in [2.05, 4.69) is 0 Å². The second kappa shape index (κ2) is 6.97. The Morgan fingerprint density at radius 2 is 1.68 bits per heavy atom. The third-order valence-electron chi connectivity index (χ3n) is 5.99.